The minimum absolute atomic E-state index is 0.177. The number of carbonyl (C=O) groups is 1. The number of hydrogen-bond donors (Lipinski definition) is 2. The number of aromatic nitrogens is 5. The first kappa shape index (κ1) is 26.3. The number of para-hydroxylation sites is 1. The van der Waals surface area contributed by atoms with Crippen LogP contribution in [0, 0.1) is 6.92 Å². The number of rotatable bonds is 8. The predicted molar refractivity (Wildman–Crippen MR) is 141 cm³/mol. The molecule has 0 aliphatic carbocycles. The molecule has 0 unspecified atom stereocenters. The van der Waals surface area contributed by atoms with Gasteiger partial charge in [-0.3, -0.25) is 14.2 Å². The minimum Gasteiger partial charge on any atom is -0.496 e. The Kier molecular flexibility index (Phi) is 7.07. The molecule has 1 amide bonds. The number of amides is 1. The molecule has 0 bridgehead atoms. The molecule has 37 heavy (non-hydrogen) atoms. The van der Waals surface area contributed by atoms with Crippen molar-refractivity contribution in [2.45, 2.75) is 58.8 Å². The maximum absolute atomic E-state index is 13.9. The number of aliphatic hydroxyl groups excluding tert-OH is 1. The molecule has 3 aromatic heterocycles. The van der Waals surface area contributed by atoms with E-state index in [1.807, 2.05) is 0 Å². The van der Waals surface area contributed by atoms with Gasteiger partial charge in [0, 0.05) is 17.2 Å². The second kappa shape index (κ2) is 9.94. The molecule has 4 aromatic rings. The Hall–Kier alpha value is -3.77. The van der Waals surface area contributed by atoms with Crippen molar-refractivity contribution in [3.05, 3.63) is 68.6 Å². The summed E-state index contributed by atoms with van der Waals surface area (Å²) in [6.07, 6.45) is 1.89. The van der Waals surface area contributed by atoms with Crippen molar-refractivity contribution >= 4 is 27.5 Å². The van der Waals surface area contributed by atoms with Crippen LogP contribution in [-0.4, -0.2) is 48.3 Å². The zero-order valence-electron chi connectivity index (χ0n) is 21.6. The fourth-order valence-electron chi connectivity index (χ4n) is 4.25. The average Bonchev–Trinajstić information content (AvgIpc) is 3.49. The Morgan fingerprint density at radius 3 is 2.46 bits per heavy atom. The van der Waals surface area contributed by atoms with Gasteiger partial charge in [0.25, 0.3) is 5.56 Å². The molecule has 196 valence electrons. The van der Waals surface area contributed by atoms with Gasteiger partial charge in [0.1, 0.15) is 27.2 Å². The summed E-state index contributed by atoms with van der Waals surface area (Å²) in [6, 6.07) is 6.77. The van der Waals surface area contributed by atoms with Crippen LogP contribution in [0.5, 0.6) is 5.75 Å². The van der Waals surface area contributed by atoms with Crippen LogP contribution >= 0.6 is 11.3 Å². The van der Waals surface area contributed by atoms with Gasteiger partial charge in [0.05, 0.1) is 31.4 Å². The third-order valence-electron chi connectivity index (χ3n) is 6.18. The monoisotopic (exact) mass is 526 g/mol. The first-order valence-electron chi connectivity index (χ1n) is 11.8. The number of carbonyl (C=O) groups excluding carboxylic acids is 1. The summed E-state index contributed by atoms with van der Waals surface area (Å²) in [4.78, 5) is 42.6. The zero-order valence-corrected chi connectivity index (χ0v) is 22.4. The number of aliphatic hydroxyl groups is 1. The summed E-state index contributed by atoms with van der Waals surface area (Å²) in [7, 11) is 1.50. The molecule has 0 aliphatic rings. The zero-order chi connectivity index (χ0) is 27.1. The minimum atomic E-state index is -1.51. The lowest BCUT2D eigenvalue weighted by Crippen LogP contribution is -2.56. The second-order valence-electron chi connectivity index (χ2n) is 9.51. The third kappa shape index (κ3) is 4.58. The van der Waals surface area contributed by atoms with E-state index in [4.69, 9.17) is 4.74 Å². The lowest BCUT2D eigenvalue weighted by Gasteiger charge is -2.28. The Bertz CT molecular complexity index is 1560. The molecular formula is C25H30N6O5S. The van der Waals surface area contributed by atoms with Gasteiger partial charge < -0.3 is 15.2 Å². The van der Waals surface area contributed by atoms with Crippen LogP contribution in [0.15, 0.2) is 46.2 Å². The van der Waals surface area contributed by atoms with Gasteiger partial charge in [0.15, 0.2) is 0 Å². The van der Waals surface area contributed by atoms with Crippen LogP contribution in [-0.2, 0) is 16.9 Å². The fraction of sp³-hybridized carbons (Fsp3) is 0.400. The van der Waals surface area contributed by atoms with Crippen LogP contribution in [0.4, 0.5) is 0 Å². The molecule has 0 saturated carbocycles. The lowest BCUT2D eigenvalue weighted by molar-refractivity contribution is -0.129. The largest absolute Gasteiger partial charge is 0.496 e. The van der Waals surface area contributed by atoms with Crippen molar-refractivity contribution in [1.29, 1.82) is 0 Å². The molecule has 0 spiro atoms. The van der Waals surface area contributed by atoms with Crippen molar-refractivity contribution in [3.63, 3.8) is 0 Å². The molecule has 12 heteroatoms. The predicted octanol–water partition coefficient (Wildman–Crippen LogP) is 2.12. The topological polar surface area (TPSA) is 133 Å². The molecule has 1 aromatic carbocycles. The highest BCUT2D eigenvalue weighted by atomic mass is 32.1. The summed E-state index contributed by atoms with van der Waals surface area (Å²) in [6.45, 7) is 8.22. The van der Waals surface area contributed by atoms with Crippen LogP contribution < -0.4 is 21.3 Å². The van der Waals surface area contributed by atoms with E-state index in [1.54, 1.807) is 45.0 Å². The van der Waals surface area contributed by atoms with Gasteiger partial charge in [-0.2, -0.15) is 10.2 Å². The third-order valence-corrected chi connectivity index (χ3v) is 7.46. The molecule has 0 aliphatic heterocycles. The number of thiophene rings is 1. The molecule has 4 rings (SSSR count). The highest BCUT2D eigenvalue weighted by Crippen LogP contribution is 2.32. The van der Waals surface area contributed by atoms with E-state index in [9.17, 15) is 19.5 Å². The number of ether oxygens (including phenoxy) is 1. The summed E-state index contributed by atoms with van der Waals surface area (Å²) < 4.78 is 7.68. The van der Waals surface area contributed by atoms with Crippen molar-refractivity contribution in [2.75, 3.05) is 7.11 Å². The summed E-state index contributed by atoms with van der Waals surface area (Å²) in [5.74, 6) is -0.00669. The molecule has 1 atom stereocenters. The number of aryl methyl sites for hydroxylation is 1. The number of methoxy groups -OCH3 is 1. The van der Waals surface area contributed by atoms with E-state index in [1.165, 1.54) is 54.1 Å². The Labute approximate surface area is 216 Å². The maximum atomic E-state index is 13.9. The number of fused-ring (bicyclic) bond motifs is 1. The van der Waals surface area contributed by atoms with Crippen molar-refractivity contribution < 1.29 is 14.6 Å². The second-order valence-corrected chi connectivity index (χ2v) is 10.5. The number of hydrogen-bond acceptors (Lipinski definition) is 8. The molecule has 11 nitrogen and oxygen atoms in total. The van der Waals surface area contributed by atoms with Crippen molar-refractivity contribution in [1.82, 2.24) is 29.4 Å². The summed E-state index contributed by atoms with van der Waals surface area (Å²) in [5.41, 5.74) is -1.77. The SMILES string of the molecule is COc1ccccc1[C@@H](O)Cn1c(=O)n(C(C)(C)C(=O)NC(C)C)c(=O)c2c(C)c(-n3nccn3)sc21. The molecule has 3 heterocycles. The number of nitrogens with one attached hydrogen (secondary N) is 1. The smallest absolute Gasteiger partial charge is 0.333 e. The first-order valence-corrected chi connectivity index (χ1v) is 12.6. The molecule has 0 radical (unpaired) electrons. The van der Waals surface area contributed by atoms with Crippen LogP contribution in [0.3, 0.4) is 0 Å². The van der Waals surface area contributed by atoms with Gasteiger partial charge in [-0.25, -0.2) is 9.36 Å². The van der Waals surface area contributed by atoms with E-state index in [-0.39, 0.29) is 18.0 Å². The van der Waals surface area contributed by atoms with Gasteiger partial charge in [-0.1, -0.05) is 29.5 Å². The maximum Gasteiger partial charge on any atom is 0.333 e. The van der Waals surface area contributed by atoms with Gasteiger partial charge in [0.2, 0.25) is 5.91 Å². The van der Waals surface area contributed by atoms with Gasteiger partial charge in [-0.05, 0) is 40.7 Å². The highest BCUT2D eigenvalue weighted by Gasteiger charge is 2.36. The Morgan fingerprint density at radius 2 is 1.84 bits per heavy atom. The van der Waals surface area contributed by atoms with Crippen LogP contribution in [0.2, 0.25) is 0 Å². The Morgan fingerprint density at radius 1 is 1.19 bits per heavy atom. The van der Waals surface area contributed by atoms with E-state index in [0.29, 0.717) is 26.7 Å². The lowest BCUT2D eigenvalue weighted by atomic mass is 10.0. The molecule has 2 N–H and O–H groups in total. The quantitative estimate of drug-likeness (QED) is 0.359. The standard InChI is InChI=1S/C25H30N6O5S/c1-14(2)28-23(34)25(4,5)30-20(33)19-15(3)21(31-26-11-12-27-31)37-22(19)29(24(30)35)13-17(32)16-9-7-8-10-18(16)36-6/h7-12,14,17,32H,13H2,1-6H3,(H,28,34)/t17-/m0/s1. The molecule has 0 saturated heterocycles. The van der Waals surface area contributed by atoms with Crippen molar-refractivity contribution in [3.8, 4) is 10.8 Å². The van der Waals surface area contributed by atoms with Gasteiger partial charge in [-0.15, -0.1) is 4.80 Å². The first-order chi connectivity index (χ1) is 17.5. The van der Waals surface area contributed by atoms with Crippen LogP contribution in [0.1, 0.15) is 44.9 Å². The molecule has 0 fully saturated rings. The summed E-state index contributed by atoms with van der Waals surface area (Å²) in [5, 5.41) is 23.2. The summed E-state index contributed by atoms with van der Waals surface area (Å²) >= 11 is 1.17. The van der Waals surface area contributed by atoms with Gasteiger partial charge >= 0.3 is 5.69 Å². The number of nitrogens with zero attached hydrogens (tertiary/aromatic N) is 5. The van der Waals surface area contributed by atoms with E-state index in [2.05, 4.69) is 15.5 Å². The van der Waals surface area contributed by atoms with Crippen molar-refractivity contribution in [2.24, 2.45) is 0 Å². The van der Waals surface area contributed by atoms with E-state index in [0.717, 1.165) is 4.57 Å². The fourth-order valence-corrected chi connectivity index (χ4v) is 5.47. The number of benzene rings is 1. The Balaban J connectivity index is 2.00. The van der Waals surface area contributed by atoms with Crippen LogP contribution in [0.25, 0.3) is 15.2 Å². The van der Waals surface area contributed by atoms with E-state index < -0.39 is 28.8 Å². The average molecular weight is 527 g/mol. The van der Waals surface area contributed by atoms with E-state index >= 15 is 0 Å². The normalized spacial score (nSPS) is 12.8. The highest BCUT2D eigenvalue weighted by molar-refractivity contribution is 7.21. The molecular weight excluding hydrogens is 496 g/mol.